The van der Waals surface area contributed by atoms with Gasteiger partial charge < -0.3 is 29.9 Å². The molecule has 2 rings (SSSR count). The van der Waals surface area contributed by atoms with E-state index in [9.17, 15) is 10.2 Å². The summed E-state index contributed by atoms with van der Waals surface area (Å²) in [5.41, 5.74) is 0. The zero-order chi connectivity index (χ0) is 8.88. The molecule has 0 aliphatic carbocycles. The molecule has 6 unspecified atom stereocenters. The first-order valence-electron chi connectivity index (χ1n) is 3.64. The molecule has 6 atom stereocenters. The van der Waals surface area contributed by atoms with E-state index in [1.165, 1.54) is 0 Å². The predicted octanol–water partition coefficient (Wildman–Crippen LogP) is -2.86. The summed E-state index contributed by atoms with van der Waals surface area (Å²) in [5, 5.41) is 36.6. The molecule has 0 aromatic carbocycles. The summed E-state index contributed by atoms with van der Waals surface area (Å²) in [5.74, 6) is 0. The first-order chi connectivity index (χ1) is 5.61. The van der Waals surface area contributed by atoms with Gasteiger partial charge in [-0.25, -0.2) is 0 Å². The molecule has 2 saturated heterocycles. The maximum atomic E-state index is 9.29. The topological polar surface area (TPSA) is 99.4 Å². The van der Waals surface area contributed by atoms with Gasteiger partial charge in [-0.1, -0.05) is 0 Å². The number of aliphatic hydroxyl groups is 4. The lowest BCUT2D eigenvalue weighted by Gasteiger charge is -2.31. The van der Waals surface area contributed by atoms with E-state index in [4.69, 9.17) is 19.7 Å². The van der Waals surface area contributed by atoms with Crippen LogP contribution in [0.5, 0.6) is 0 Å². The van der Waals surface area contributed by atoms with E-state index < -0.39 is 37.0 Å². The Labute approximate surface area is 68.0 Å². The van der Waals surface area contributed by atoms with Crippen LogP contribution in [0.1, 0.15) is 0 Å². The van der Waals surface area contributed by atoms with Crippen molar-refractivity contribution >= 4 is 0 Å². The van der Waals surface area contributed by atoms with Gasteiger partial charge in [-0.05, 0) is 0 Å². The van der Waals surface area contributed by atoms with Gasteiger partial charge >= 0.3 is 0 Å². The SMILES string of the molecule is OC1OC2C(O)OC(C1O)C2O. The highest BCUT2D eigenvalue weighted by Crippen LogP contribution is 2.31. The van der Waals surface area contributed by atoms with Gasteiger partial charge in [0, 0.05) is 0 Å². The number of hydrogen-bond donors (Lipinski definition) is 4. The Morgan fingerprint density at radius 2 is 1.25 bits per heavy atom. The van der Waals surface area contributed by atoms with Crippen LogP contribution in [-0.2, 0) is 9.47 Å². The van der Waals surface area contributed by atoms with Crippen LogP contribution in [0.15, 0.2) is 0 Å². The Balaban J connectivity index is 2.20. The lowest BCUT2D eigenvalue weighted by molar-refractivity contribution is -0.246. The Bertz CT molecular complexity index is 181. The highest BCUT2D eigenvalue weighted by atomic mass is 16.7. The summed E-state index contributed by atoms with van der Waals surface area (Å²) in [4.78, 5) is 0. The summed E-state index contributed by atoms with van der Waals surface area (Å²) < 4.78 is 9.45. The van der Waals surface area contributed by atoms with Crippen molar-refractivity contribution in [2.45, 2.75) is 37.0 Å². The summed E-state index contributed by atoms with van der Waals surface area (Å²) in [6.45, 7) is 0. The lowest BCUT2D eigenvalue weighted by Crippen LogP contribution is -2.53. The molecule has 2 heterocycles. The van der Waals surface area contributed by atoms with E-state index in [1.807, 2.05) is 0 Å². The number of rotatable bonds is 0. The normalized spacial score (nSPS) is 59.0. The van der Waals surface area contributed by atoms with Gasteiger partial charge in [-0.15, -0.1) is 0 Å². The van der Waals surface area contributed by atoms with Crippen molar-refractivity contribution in [1.29, 1.82) is 0 Å². The number of ether oxygens (including phenoxy) is 2. The van der Waals surface area contributed by atoms with Crippen LogP contribution in [0.4, 0.5) is 0 Å². The zero-order valence-corrected chi connectivity index (χ0v) is 6.07. The molecule has 12 heavy (non-hydrogen) atoms. The molecule has 2 aliphatic heterocycles. The molecule has 2 bridgehead atoms. The molecule has 0 aromatic heterocycles. The van der Waals surface area contributed by atoms with Gasteiger partial charge in [0.15, 0.2) is 12.6 Å². The van der Waals surface area contributed by atoms with Gasteiger partial charge in [-0.2, -0.15) is 0 Å². The van der Waals surface area contributed by atoms with Crippen LogP contribution in [0.25, 0.3) is 0 Å². The van der Waals surface area contributed by atoms with E-state index in [2.05, 4.69) is 0 Å². The number of hydrogen-bond acceptors (Lipinski definition) is 6. The van der Waals surface area contributed by atoms with E-state index in [0.29, 0.717) is 0 Å². The maximum Gasteiger partial charge on any atom is 0.184 e. The van der Waals surface area contributed by atoms with E-state index in [-0.39, 0.29) is 0 Å². The molecule has 6 nitrogen and oxygen atoms in total. The molecule has 0 saturated carbocycles. The average Bonchev–Trinajstić information content (AvgIpc) is 2.23. The van der Waals surface area contributed by atoms with E-state index in [0.717, 1.165) is 0 Å². The summed E-state index contributed by atoms with van der Waals surface area (Å²) in [6.07, 6.45) is -7.01. The fourth-order valence-electron chi connectivity index (χ4n) is 1.51. The Morgan fingerprint density at radius 1 is 0.667 bits per heavy atom. The molecule has 2 aliphatic rings. The lowest BCUT2D eigenvalue weighted by atomic mass is 10.0. The monoisotopic (exact) mass is 178 g/mol. The van der Waals surface area contributed by atoms with Crippen LogP contribution in [0.3, 0.4) is 0 Å². The molecule has 70 valence electrons. The third-order valence-electron chi connectivity index (χ3n) is 2.18. The largest absolute Gasteiger partial charge is 0.387 e. The molecular formula is C6H10O6. The van der Waals surface area contributed by atoms with Crippen molar-refractivity contribution in [2.24, 2.45) is 0 Å². The van der Waals surface area contributed by atoms with Crippen molar-refractivity contribution in [1.82, 2.24) is 0 Å². The molecule has 6 heteroatoms. The highest BCUT2D eigenvalue weighted by molar-refractivity contribution is 4.96. The second-order valence-electron chi connectivity index (χ2n) is 2.96. The third-order valence-corrected chi connectivity index (χ3v) is 2.18. The molecule has 4 N–H and O–H groups in total. The number of aliphatic hydroxyl groups excluding tert-OH is 4. The minimum absolute atomic E-state index is 0.964. The fraction of sp³-hybridized carbons (Fsp3) is 1.00. The average molecular weight is 178 g/mol. The van der Waals surface area contributed by atoms with Gasteiger partial charge in [0.2, 0.25) is 0 Å². The van der Waals surface area contributed by atoms with E-state index >= 15 is 0 Å². The zero-order valence-electron chi connectivity index (χ0n) is 6.07. The quantitative estimate of drug-likeness (QED) is 0.318. The molecule has 0 spiro atoms. The van der Waals surface area contributed by atoms with Crippen LogP contribution in [-0.4, -0.2) is 57.4 Å². The molecule has 0 radical (unpaired) electrons. The standard InChI is InChI=1S/C6H10O6/c7-1-3-2(8)5(9)12-4(1)6(10)11-3/h1-10H. The van der Waals surface area contributed by atoms with E-state index in [1.54, 1.807) is 0 Å². The second kappa shape index (κ2) is 2.63. The third kappa shape index (κ3) is 0.972. The van der Waals surface area contributed by atoms with Gasteiger partial charge in [-0.3, -0.25) is 0 Å². The summed E-state index contributed by atoms with van der Waals surface area (Å²) in [6, 6.07) is 0. The minimum atomic E-state index is -1.40. The van der Waals surface area contributed by atoms with Crippen molar-refractivity contribution < 1.29 is 29.9 Å². The van der Waals surface area contributed by atoms with Crippen LogP contribution in [0, 0.1) is 0 Å². The highest BCUT2D eigenvalue weighted by Gasteiger charge is 2.54. The van der Waals surface area contributed by atoms with Crippen LogP contribution in [0.2, 0.25) is 0 Å². The number of fused-ring (bicyclic) bond motifs is 2. The molecule has 2 fully saturated rings. The maximum absolute atomic E-state index is 9.29. The van der Waals surface area contributed by atoms with Crippen molar-refractivity contribution in [3.05, 3.63) is 0 Å². The predicted molar refractivity (Wildman–Crippen MR) is 33.8 cm³/mol. The van der Waals surface area contributed by atoms with Crippen molar-refractivity contribution in [3.63, 3.8) is 0 Å². The summed E-state index contributed by atoms with van der Waals surface area (Å²) >= 11 is 0. The van der Waals surface area contributed by atoms with Crippen LogP contribution < -0.4 is 0 Å². The summed E-state index contributed by atoms with van der Waals surface area (Å²) in [7, 11) is 0. The molecular weight excluding hydrogens is 168 g/mol. The van der Waals surface area contributed by atoms with Crippen molar-refractivity contribution in [3.8, 4) is 0 Å². The Kier molecular flexibility index (Phi) is 1.83. The van der Waals surface area contributed by atoms with Gasteiger partial charge in [0.25, 0.3) is 0 Å². The first-order valence-corrected chi connectivity index (χ1v) is 3.64. The molecule has 0 aromatic rings. The van der Waals surface area contributed by atoms with Gasteiger partial charge in [0.1, 0.15) is 24.4 Å². The fourth-order valence-corrected chi connectivity index (χ4v) is 1.51. The Morgan fingerprint density at radius 3 is 1.92 bits per heavy atom. The Hall–Kier alpha value is -0.240. The van der Waals surface area contributed by atoms with Crippen LogP contribution >= 0.6 is 0 Å². The smallest absolute Gasteiger partial charge is 0.184 e. The second-order valence-corrected chi connectivity index (χ2v) is 2.96. The minimum Gasteiger partial charge on any atom is -0.387 e. The van der Waals surface area contributed by atoms with Gasteiger partial charge in [0.05, 0.1) is 0 Å². The van der Waals surface area contributed by atoms with Crippen molar-refractivity contribution in [2.75, 3.05) is 0 Å². The first kappa shape index (κ1) is 8.36. The molecule has 0 amide bonds.